The SMILES string of the molecule is CCSC1CCCCN(CC(C)(C)N)C1. The highest BCUT2D eigenvalue weighted by atomic mass is 32.2. The third kappa shape index (κ3) is 5.79. The lowest BCUT2D eigenvalue weighted by atomic mass is 10.1. The molecule has 0 spiro atoms. The van der Waals surface area contributed by atoms with Gasteiger partial charge in [0, 0.05) is 23.9 Å². The molecule has 2 nitrogen and oxygen atoms in total. The van der Waals surface area contributed by atoms with E-state index in [-0.39, 0.29) is 5.54 Å². The largest absolute Gasteiger partial charge is 0.324 e. The van der Waals surface area contributed by atoms with E-state index in [4.69, 9.17) is 5.73 Å². The molecule has 90 valence electrons. The van der Waals surface area contributed by atoms with Crippen molar-refractivity contribution in [3.8, 4) is 0 Å². The van der Waals surface area contributed by atoms with Gasteiger partial charge in [0.25, 0.3) is 0 Å². The van der Waals surface area contributed by atoms with Crippen molar-refractivity contribution in [3.05, 3.63) is 0 Å². The van der Waals surface area contributed by atoms with Gasteiger partial charge in [-0.2, -0.15) is 11.8 Å². The summed E-state index contributed by atoms with van der Waals surface area (Å²) in [6, 6.07) is 0. The van der Waals surface area contributed by atoms with Gasteiger partial charge in [0.1, 0.15) is 0 Å². The maximum absolute atomic E-state index is 6.09. The van der Waals surface area contributed by atoms with Crippen LogP contribution >= 0.6 is 11.8 Å². The van der Waals surface area contributed by atoms with Crippen molar-refractivity contribution in [1.82, 2.24) is 4.90 Å². The van der Waals surface area contributed by atoms with E-state index in [9.17, 15) is 0 Å². The second kappa shape index (κ2) is 6.12. The standard InChI is InChI=1S/C12H26N2S/c1-4-15-11-7-5-6-8-14(9-11)10-12(2,3)13/h11H,4-10,13H2,1-3H3. The second-order valence-corrected chi connectivity index (χ2v) is 6.87. The van der Waals surface area contributed by atoms with Crippen LogP contribution in [0.2, 0.25) is 0 Å². The highest BCUT2D eigenvalue weighted by molar-refractivity contribution is 7.99. The molecule has 1 unspecified atom stereocenters. The molecule has 0 radical (unpaired) electrons. The molecule has 0 amide bonds. The molecule has 1 saturated heterocycles. The third-order valence-electron chi connectivity index (χ3n) is 2.75. The fourth-order valence-electron chi connectivity index (χ4n) is 2.27. The normalized spacial score (nSPS) is 25.2. The Hall–Kier alpha value is 0.270. The van der Waals surface area contributed by atoms with E-state index in [0.717, 1.165) is 11.8 Å². The molecule has 0 saturated carbocycles. The lowest BCUT2D eigenvalue weighted by Crippen LogP contribution is -2.46. The van der Waals surface area contributed by atoms with Crippen molar-refractivity contribution < 1.29 is 0 Å². The number of hydrogen-bond acceptors (Lipinski definition) is 3. The van der Waals surface area contributed by atoms with Crippen LogP contribution in [0.1, 0.15) is 40.0 Å². The van der Waals surface area contributed by atoms with Gasteiger partial charge in [0.2, 0.25) is 0 Å². The molecule has 1 atom stereocenters. The first-order valence-electron chi connectivity index (χ1n) is 6.14. The minimum atomic E-state index is -0.0498. The summed E-state index contributed by atoms with van der Waals surface area (Å²) >= 11 is 2.11. The predicted molar refractivity (Wildman–Crippen MR) is 70.5 cm³/mol. The van der Waals surface area contributed by atoms with Gasteiger partial charge in [-0.05, 0) is 39.0 Å². The zero-order valence-corrected chi connectivity index (χ0v) is 11.3. The van der Waals surface area contributed by atoms with Crippen molar-refractivity contribution in [1.29, 1.82) is 0 Å². The molecule has 1 aliphatic rings. The van der Waals surface area contributed by atoms with Crippen LogP contribution in [-0.4, -0.2) is 41.1 Å². The van der Waals surface area contributed by atoms with Crippen molar-refractivity contribution in [2.75, 3.05) is 25.4 Å². The first-order valence-corrected chi connectivity index (χ1v) is 7.19. The van der Waals surface area contributed by atoms with E-state index < -0.39 is 0 Å². The Morgan fingerprint density at radius 2 is 2.13 bits per heavy atom. The van der Waals surface area contributed by atoms with Gasteiger partial charge in [-0.1, -0.05) is 13.3 Å². The monoisotopic (exact) mass is 230 g/mol. The first-order chi connectivity index (χ1) is 7.01. The Morgan fingerprint density at radius 3 is 2.73 bits per heavy atom. The molecule has 1 aliphatic heterocycles. The van der Waals surface area contributed by atoms with Gasteiger partial charge < -0.3 is 10.6 Å². The van der Waals surface area contributed by atoms with Gasteiger partial charge >= 0.3 is 0 Å². The zero-order chi connectivity index (χ0) is 11.3. The van der Waals surface area contributed by atoms with E-state index >= 15 is 0 Å². The number of hydrogen-bond donors (Lipinski definition) is 1. The number of nitrogens with two attached hydrogens (primary N) is 1. The van der Waals surface area contributed by atoms with Crippen molar-refractivity contribution in [3.63, 3.8) is 0 Å². The van der Waals surface area contributed by atoms with E-state index in [1.807, 2.05) is 0 Å². The summed E-state index contributed by atoms with van der Waals surface area (Å²) in [6.45, 7) is 10.0. The summed E-state index contributed by atoms with van der Waals surface area (Å²) in [5, 5.41) is 0.833. The highest BCUT2D eigenvalue weighted by Gasteiger charge is 2.22. The quantitative estimate of drug-likeness (QED) is 0.804. The number of likely N-dealkylation sites (tertiary alicyclic amines) is 1. The molecule has 0 aromatic heterocycles. The molecule has 1 fully saturated rings. The van der Waals surface area contributed by atoms with E-state index in [1.54, 1.807) is 0 Å². The summed E-state index contributed by atoms with van der Waals surface area (Å²) in [5.74, 6) is 1.24. The van der Waals surface area contributed by atoms with Crippen LogP contribution in [0, 0.1) is 0 Å². The Bertz CT molecular complexity index is 177. The Labute approximate surface area is 99.0 Å². The van der Waals surface area contributed by atoms with Crippen molar-refractivity contribution >= 4 is 11.8 Å². The van der Waals surface area contributed by atoms with Gasteiger partial charge in [-0.25, -0.2) is 0 Å². The lowest BCUT2D eigenvalue weighted by Gasteiger charge is -2.30. The van der Waals surface area contributed by atoms with Crippen LogP contribution in [0.4, 0.5) is 0 Å². The van der Waals surface area contributed by atoms with Crippen LogP contribution in [-0.2, 0) is 0 Å². The van der Waals surface area contributed by atoms with Crippen LogP contribution in [0.25, 0.3) is 0 Å². The summed E-state index contributed by atoms with van der Waals surface area (Å²) in [5.41, 5.74) is 6.04. The smallest absolute Gasteiger partial charge is 0.0226 e. The molecular weight excluding hydrogens is 204 g/mol. The van der Waals surface area contributed by atoms with Crippen LogP contribution in [0.3, 0.4) is 0 Å². The molecule has 1 heterocycles. The Balaban J connectivity index is 2.42. The van der Waals surface area contributed by atoms with E-state index in [2.05, 4.69) is 37.4 Å². The van der Waals surface area contributed by atoms with Gasteiger partial charge in [0.15, 0.2) is 0 Å². The highest BCUT2D eigenvalue weighted by Crippen LogP contribution is 2.22. The molecule has 2 N–H and O–H groups in total. The molecule has 0 aliphatic carbocycles. The maximum atomic E-state index is 6.09. The van der Waals surface area contributed by atoms with Crippen LogP contribution < -0.4 is 5.73 Å². The average Bonchev–Trinajstić information content (AvgIpc) is 2.28. The molecule has 1 rings (SSSR count). The molecular formula is C12H26N2S. The van der Waals surface area contributed by atoms with Crippen molar-refractivity contribution in [2.45, 2.75) is 50.8 Å². The van der Waals surface area contributed by atoms with E-state index in [1.165, 1.54) is 38.1 Å². The minimum Gasteiger partial charge on any atom is -0.324 e. The average molecular weight is 230 g/mol. The van der Waals surface area contributed by atoms with E-state index in [0.29, 0.717) is 0 Å². The van der Waals surface area contributed by atoms with Crippen molar-refractivity contribution in [2.24, 2.45) is 5.73 Å². The van der Waals surface area contributed by atoms with Gasteiger partial charge in [-0.15, -0.1) is 0 Å². The Kier molecular flexibility index (Phi) is 5.44. The molecule has 0 aromatic rings. The zero-order valence-electron chi connectivity index (χ0n) is 10.5. The molecule has 0 bridgehead atoms. The maximum Gasteiger partial charge on any atom is 0.0226 e. The molecule has 3 heteroatoms. The number of rotatable bonds is 4. The predicted octanol–water partition coefficient (Wildman–Crippen LogP) is 2.33. The fourth-order valence-corrected chi connectivity index (χ4v) is 3.39. The van der Waals surface area contributed by atoms with Gasteiger partial charge in [-0.3, -0.25) is 0 Å². The van der Waals surface area contributed by atoms with Crippen LogP contribution in [0.5, 0.6) is 0 Å². The Morgan fingerprint density at radius 1 is 1.40 bits per heavy atom. The summed E-state index contributed by atoms with van der Waals surface area (Å²) in [4.78, 5) is 2.56. The molecule has 0 aromatic carbocycles. The first kappa shape index (κ1) is 13.3. The lowest BCUT2D eigenvalue weighted by molar-refractivity contribution is 0.235. The van der Waals surface area contributed by atoms with Crippen LogP contribution in [0.15, 0.2) is 0 Å². The minimum absolute atomic E-state index is 0.0498. The third-order valence-corrected chi connectivity index (χ3v) is 3.94. The number of nitrogens with zero attached hydrogens (tertiary/aromatic N) is 1. The molecule has 15 heavy (non-hydrogen) atoms. The number of thioether (sulfide) groups is 1. The fraction of sp³-hybridized carbons (Fsp3) is 1.00. The topological polar surface area (TPSA) is 29.3 Å². The summed E-state index contributed by atoms with van der Waals surface area (Å²) < 4.78 is 0. The van der Waals surface area contributed by atoms with Gasteiger partial charge in [0.05, 0.1) is 0 Å². The summed E-state index contributed by atoms with van der Waals surface area (Å²) in [7, 11) is 0. The second-order valence-electron chi connectivity index (χ2n) is 5.30. The summed E-state index contributed by atoms with van der Waals surface area (Å²) in [6.07, 6.45) is 4.12.